The number of nitrogens with two attached hydrogens (primary N) is 1. The highest BCUT2D eigenvalue weighted by atomic mass is 35.5. The molecule has 1 heterocycles. The van der Waals surface area contributed by atoms with Crippen LogP contribution in [-0.2, 0) is 13.7 Å². The Morgan fingerprint density at radius 3 is 2.61 bits per heavy atom. The van der Waals surface area contributed by atoms with E-state index >= 15 is 0 Å². The van der Waals surface area contributed by atoms with Crippen LogP contribution in [0.5, 0.6) is 0 Å². The smallest absolute Gasteiger partial charge is 0.156 e. The largest absolute Gasteiger partial charge is 0.344 e. The van der Waals surface area contributed by atoms with Crippen LogP contribution in [0.3, 0.4) is 0 Å². The molecule has 1 aliphatic rings. The molecular formula is C11H13Cl2NO3S. The van der Waals surface area contributed by atoms with Crippen molar-refractivity contribution in [2.24, 2.45) is 5.14 Å². The van der Waals surface area contributed by atoms with Crippen LogP contribution in [0.15, 0.2) is 18.2 Å². The lowest BCUT2D eigenvalue weighted by atomic mass is 10.0. The van der Waals surface area contributed by atoms with E-state index in [0.717, 1.165) is 17.8 Å². The third-order valence-electron chi connectivity index (χ3n) is 2.63. The lowest BCUT2D eigenvalue weighted by molar-refractivity contribution is -0.0545. The van der Waals surface area contributed by atoms with Crippen molar-refractivity contribution in [1.29, 1.82) is 0 Å². The van der Waals surface area contributed by atoms with Crippen LogP contribution in [-0.4, -0.2) is 19.0 Å². The molecule has 0 amide bonds. The third-order valence-corrected chi connectivity index (χ3v) is 3.56. The summed E-state index contributed by atoms with van der Waals surface area (Å²) in [5.74, 6) is 0. The van der Waals surface area contributed by atoms with Crippen molar-refractivity contribution in [3.63, 3.8) is 0 Å². The van der Waals surface area contributed by atoms with Crippen LogP contribution in [0.25, 0.3) is 0 Å². The minimum absolute atomic E-state index is 0.284. The van der Waals surface area contributed by atoms with Crippen LogP contribution >= 0.6 is 35.4 Å². The quantitative estimate of drug-likeness (QED) is 0.683. The SMILES string of the molecule is CC1OC(COSN)C(c2c(Cl)cccc2Cl)O1. The Morgan fingerprint density at radius 2 is 2.00 bits per heavy atom. The first-order valence-electron chi connectivity index (χ1n) is 5.36. The number of ether oxygens (including phenoxy) is 2. The van der Waals surface area contributed by atoms with E-state index in [1.54, 1.807) is 18.2 Å². The van der Waals surface area contributed by atoms with Crippen molar-refractivity contribution in [2.45, 2.75) is 25.4 Å². The zero-order valence-corrected chi connectivity index (χ0v) is 12.0. The van der Waals surface area contributed by atoms with Gasteiger partial charge in [-0.3, -0.25) is 9.32 Å². The summed E-state index contributed by atoms with van der Waals surface area (Å²) in [6.07, 6.45) is -0.972. The summed E-state index contributed by atoms with van der Waals surface area (Å²) in [4.78, 5) is 0. The molecule has 1 saturated heterocycles. The average molecular weight is 310 g/mol. The highest BCUT2D eigenvalue weighted by Crippen LogP contribution is 2.40. The minimum atomic E-state index is -0.353. The second-order valence-corrected chi connectivity index (χ2v) is 5.06. The van der Waals surface area contributed by atoms with E-state index in [9.17, 15) is 0 Å². The van der Waals surface area contributed by atoms with Gasteiger partial charge < -0.3 is 9.47 Å². The Morgan fingerprint density at radius 1 is 1.33 bits per heavy atom. The maximum Gasteiger partial charge on any atom is 0.156 e. The molecule has 3 unspecified atom stereocenters. The van der Waals surface area contributed by atoms with Gasteiger partial charge in [-0.2, -0.15) is 0 Å². The van der Waals surface area contributed by atoms with Crippen LogP contribution in [0.4, 0.5) is 0 Å². The average Bonchev–Trinajstić information content (AvgIpc) is 2.67. The summed E-state index contributed by atoms with van der Waals surface area (Å²) in [5, 5.41) is 6.33. The maximum atomic E-state index is 6.17. The molecule has 100 valence electrons. The lowest BCUT2D eigenvalue weighted by Gasteiger charge is -2.18. The molecule has 1 aromatic rings. The van der Waals surface area contributed by atoms with E-state index in [4.69, 9.17) is 42.0 Å². The molecular weight excluding hydrogens is 297 g/mol. The van der Waals surface area contributed by atoms with Gasteiger partial charge in [0.1, 0.15) is 12.2 Å². The highest BCUT2D eigenvalue weighted by molar-refractivity contribution is 7.92. The fourth-order valence-corrected chi connectivity index (χ4v) is 2.74. The Balaban J connectivity index is 2.24. The second-order valence-electron chi connectivity index (χ2n) is 3.81. The summed E-state index contributed by atoms with van der Waals surface area (Å²) < 4.78 is 16.4. The molecule has 0 aliphatic carbocycles. The van der Waals surface area contributed by atoms with Gasteiger partial charge in [-0.25, -0.2) is 0 Å². The zero-order chi connectivity index (χ0) is 13.1. The zero-order valence-electron chi connectivity index (χ0n) is 9.64. The standard InChI is InChI=1S/C11H13Cl2NO3S/c1-6-16-9(5-15-18-14)11(17-6)10-7(12)3-2-4-8(10)13/h2-4,6,9,11H,5,14H2,1H3. The summed E-state index contributed by atoms with van der Waals surface area (Å²) in [7, 11) is 0. The summed E-state index contributed by atoms with van der Waals surface area (Å²) in [6, 6.07) is 5.32. The van der Waals surface area contributed by atoms with Gasteiger partial charge >= 0.3 is 0 Å². The van der Waals surface area contributed by atoms with Crippen molar-refractivity contribution in [2.75, 3.05) is 6.61 Å². The molecule has 3 atom stereocenters. The number of benzene rings is 1. The van der Waals surface area contributed by atoms with Crippen LogP contribution in [0.2, 0.25) is 10.0 Å². The van der Waals surface area contributed by atoms with Gasteiger partial charge in [-0.05, 0) is 19.1 Å². The first kappa shape index (κ1) is 14.4. The van der Waals surface area contributed by atoms with Crippen LogP contribution < -0.4 is 5.14 Å². The number of halogens is 2. The van der Waals surface area contributed by atoms with E-state index in [-0.39, 0.29) is 18.5 Å². The Kier molecular flexibility index (Phi) is 5.14. The molecule has 0 saturated carbocycles. The van der Waals surface area contributed by atoms with Crippen molar-refractivity contribution in [3.05, 3.63) is 33.8 Å². The summed E-state index contributed by atoms with van der Waals surface area (Å²) >= 11 is 13.1. The van der Waals surface area contributed by atoms with Crippen molar-refractivity contribution in [3.8, 4) is 0 Å². The fraction of sp³-hybridized carbons (Fsp3) is 0.455. The summed E-state index contributed by atoms with van der Waals surface area (Å²) in [6.45, 7) is 2.12. The molecule has 0 bridgehead atoms. The third kappa shape index (κ3) is 3.11. The van der Waals surface area contributed by atoms with E-state index in [1.165, 1.54) is 0 Å². The molecule has 0 radical (unpaired) electrons. The van der Waals surface area contributed by atoms with Crippen LogP contribution in [0, 0.1) is 0 Å². The predicted octanol–water partition coefficient (Wildman–Crippen LogP) is 3.33. The normalized spacial score (nSPS) is 27.7. The topological polar surface area (TPSA) is 53.7 Å². The van der Waals surface area contributed by atoms with Crippen molar-refractivity contribution in [1.82, 2.24) is 0 Å². The maximum absolute atomic E-state index is 6.17. The fourth-order valence-electron chi connectivity index (χ4n) is 1.91. The van der Waals surface area contributed by atoms with Crippen molar-refractivity contribution >= 4 is 35.4 Å². The molecule has 0 aromatic heterocycles. The molecule has 18 heavy (non-hydrogen) atoms. The van der Waals surface area contributed by atoms with Gasteiger partial charge in [0.05, 0.1) is 18.8 Å². The van der Waals surface area contributed by atoms with E-state index in [2.05, 4.69) is 0 Å². The molecule has 7 heteroatoms. The highest BCUT2D eigenvalue weighted by Gasteiger charge is 2.37. The predicted molar refractivity (Wildman–Crippen MR) is 72.4 cm³/mol. The number of rotatable bonds is 4. The number of hydrogen-bond acceptors (Lipinski definition) is 5. The van der Waals surface area contributed by atoms with Gasteiger partial charge in [0.15, 0.2) is 6.29 Å². The minimum Gasteiger partial charge on any atom is -0.344 e. The molecule has 1 aliphatic heterocycles. The van der Waals surface area contributed by atoms with Crippen LogP contribution in [0.1, 0.15) is 18.6 Å². The van der Waals surface area contributed by atoms with Crippen molar-refractivity contribution < 1.29 is 13.7 Å². The van der Waals surface area contributed by atoms with E-state index < -0.39 is 0 Å². The molecule has 1 fully saturated rings. The van der Waals surface area contributed by atoms with Gasteiger partial charge in [0, 0.05) is 15.6 Å². The molecule has 2 rings (SSSR count). The van der Waals surface area contributed by atoms with E-state index in [0.29, 0.717) is 16.7 Å². The Labute approximate surface area is 120 Å². The molecule has 1 aromatic carbocycles. The first-order valence-corrected chi connectivity index (χ1v) is 6.92. The monoisotopic (exact) mass is 309 g/mol. The molecule has 2 N–H and O–H groups in total. The Hall–Kier alpha value is -0.0100. The van der Waals surface area contributed by atoms with E-state index in [1.807, 2.05) is 6.92 Å². The summed E-state index contributed by atoms with van der Waals surface area (Å²) in [5.41, 5.74) is 0.723. The van der Waals surface area contributed by atoms with Gasteiger partial charge in [0.25, 0.3) is 0 Å². The van der Waals surface area contributed by atoms with Gasteiger partial charge in [-0.15, -0.1) is 0 Å². The molecule has 4 nitrogen and oxygen atoms in total. The first-order chi connectivity index (χ1) is 8.63. The second kappa shape index (κ2) is 6.43. The lowest BCUT2D eigenvalue weighted by Crippen LogP contribution is -2.21. The van der Waals surface area contributed by atoms with Gasteiger partial charge in [-0.1, -0.05) is 29.3 Å². The number of hydrogen-bond donors (Lipinski definition) is 1. The molecule has 0 spiro atoms. The Bertz CT molecular complexity index is 401. The van der Waals surface area contributed by atoms with Gasteiger partial charge in [0.2, 0.25) is 0 Å².